The molecule has 5 nitrogen and oxygen atoms in total. The number of rotatable bonds is 2. The molecule has 3 N–H and O–H groups in total. The zero-order valence-corrected chi connectivity index (χ0v) is 6.37. The molecule has 0 fully saturated rings. The van der Waals surface area contributed by atoms with E-state index in [1.54, 1.807) is 0 Å². The Kier molecular flexibility index (Phi) is 9.92. The van der Waals surface area contributed by atoms with Crippen LogP contribution in [0.1, 0.15) is 0 Å². The molecule has 64 valence electrons. The molecule has 0 rings (SSSR count). The molecule has 0 aliphatic heterocycles. The number of nitrogens with two attached hydrogens (primary N) is 1. The van der Waals surface area contributed by atoms with Crippen molar-refractivity contribution in [2.45, 2.75) is 0 Å². The van der Waals surface area contributed by atoms with Crippen molar-refractivity contribution in [3.8, 4) is 0 Å². The Morgan fingerprint density at radius 2 is 2.09 bits per heavy atom. The molecule has 0 aliphatic carbocycles. The number of hydrogen-bond acceptors (Lipinski definition) is 3. The molecule has 0 bridgehead atoms. The van der Waals surface area contributed by atoms with E-state index >= 15 is 0 Å². The third-order valence-corrected chi connectivity index (χ3v) is 0.542. The molecule has 0 radical (unpaired) electrons. The Hall–Kier alpha value is -1.23. The van der Waals surface area contributed by atoms with Gasteiger partial charge in [-0.1, -0.05) is 6.58 Å². The minimum Gasteiger partial charge on any atom is -0.465 e. The number of primary amides is 1. The van der Waals surface area contributed by atoms with Gasteiger partial charge >= 0.3 is 12.1 Å². The van der Waals surface area contributed by atoms with E-state index < -0.39 is 12.1 Å². The number of amides is 1. The second-order valence-electron chi connectivity index (χ2n) is 1.13. The van der Waals surface area contributed by atoms with Crippen molar-refractivity contribution >= 4 is 23.7 Å². The van der Waals surface area contributed by atoms with E-state index in [2.05, 4.69) is 17.0 Å². The lowest BCUT2D eigenvalue weighted by Crippen LogP contribution is -2.03. The number of carboxylic acid groups (broad SMARTS) is 1. The first kappa shape index (κ1) is 12.4. The average molecular weight is 182 g/mol. The fourth-order valence-corrected chi connectivity index (χ4v) is 0.187. The molecule has 0 heterocycles. The van der Waals surface area contributed by atoms with E-state index in [9.17, 15) is 4.79 Å². The monoisotopic (exact) mass is 181 g/mol. The maximum atomic E-state index is 9.99. The fourth-order valence-electron chi connectivity index (χ4n) is 0.124. The first-order valence-corrected chi connectivity index (χ1v) is 2.92. The molecule has 0 saturated carbocycles. The highest BCUT2D eigenvalue weighted by molar-refractivity contribution is 6.26. The molecule has 0 unspecified atom stereocenters. The highest BCUT2D eigenvalue weighted by Crippen LogP contribution is 1.80. The van der Waals surface area contributed by atoms with Gasteiger partial charge in [0.2, 0.25) is 0 Å². The summed E-state index contributed by atoms with van der Waals surface area (Å²) in [6.07, 6.45) is -0.287. The summed E-state index contributed by atoms with van der Waals surface area (Å²) >= 11 is 5.01. The summed E-state index contributed by atoms with van der Waals surface area (Å²) in [5.41, 5.74) is 4.03. The van der Waals surface area contributed by atoms with Crippen molar-refractivity contribution in [3.05, 3.63) is 12.8 Å². The standard InChI is InChI=1S/C4H5ClO2.CH3NO2/c1-2-7-4(6)3-5;2-1(3)4/h2H,1,3H2;2H2,(H,3,4). The molecular formula is C5H8ClNO4. The smallest absolute Gasteiger partial charge is 0.402 e. The maximum absolute atomic E-state index is 9.99. The van der Waals surface area contributed by atoms with Crippen LogP contribution in [0, 0.1) is 0 Å². The van der Waals surface area contributed by atoms with Gasteiger partial charge < -0.3 is 15.6 Å². The summed E-state index contributed by atoms with van der Waals surface area (Å²) in [5, 5.41) is 7.19. The lowest BCUT2D eigenvalue weighted by molar-refractivity contribution is -0.135. The molecule has 0 aromatic rings. The van der Waals surface area contributed by atoms with Crippen LogP contribution in [0.5, 0.6) is 0 Å². The number of hydrogen-bond donors (Lipinski definition) is 2. The lowest BCUT2D eigenvalue weighted by atomic mass is 10.8. The average Bonchev–Trinajstić information content (AvgIpc) is 1.87. The van der Waals surface area contributed by atoms with Gasteiger partial charge in [0.1, 0.15) is 5.88 Å². The summed E-state index contributed by atoms with van der Waals surface area (Å²) in [4.78, 5) is 18.8. The Labute approximate surface area is 68.4 Å². The Balaban J connectivity index is 0. The summed E-state index contributed by atoms with van der Waals surface area (Å²) in [5.74, 6) is -0.594. The van der Waals surface area contributed by atoms with Gasteiger partial charge in [0.15, 0.2) is 0 Å². The molecule has 0 spiro atoms. The predicted molar refractivity (Wildman–Crippen MR) is 39.2 cm³/mol. The normalized spacial score (nSPS) is 7.00. The topological polar surface area (TPSA) is 89.6 Å². The van der Waals surface area contributed by atoms with Crippen LogP contribution in [0.2, 0.25) is 0 Å². The largest absolute Gasteiger partial charge is 0.465 e. The third-order valence-electron chi connectivity index (χ3n) is 0.324. The number of carbonyl (C=O) groups is 2. The van der Waals surface area contributed by atoms with Gasteiger partial charge in [0, 0.05) is 0 Å². The number of halogens is 1. The highest BCUT2D eigenvalue weighted by Gasteiger charge is 1.91. The summed E-state index contributed by atoms with van der Waals surface area (Å²) in [7, 11) is 0. The van der Waals surface area contributed by atoms with Gasteiger partial charge in [-0.25, -0.2) is 4.79 Å². The minimum absolute atomic E-state index is 0.119. The molecule has 1 amide bonds. The van der Waals surface area contributed by atoms with Crippen molar-refractivity contribution in [1.82, 2.24) is 0 Å². The second kappa shape index (κ2) is 8.77. The number of esters is 1. The first-order valence-electron chi connectivity index (χ1n) is 2.39. The first-order chi connectivity index (χ1) is 5.04. The Bertz CT molecular complexity index is 143. The van der Waals surface area contributed by atoms with Crippen LogP contribution in [0.4, 0.5) is 4.79 Å². The summed E-state index contributed by atoms with van der Waals surface area (Å²) in [6, 6.07) is 0. The van der Waals surface area contributed by atoms with Crippen LogP contribution < -0.4 is 5.73 Å². The van der Waals surface area contributed by atoms with Crippen molar-refractivity contribution in [2.24, 2.45) is 5.73 Å². The third kappa shape index (κ3) is 28.3. The second-order valence-corrected chi connectivity index (χ2v) is 1.40. The molecular weight excluding hydrogens is 174 g/mol. The van der Waals surface area contributed by atoms with E-state index in [4.69, 9.17) is 21.5 Å². The van der Waals surface area contributed by atoms with Crippen LogP contribution in [0.3, 0.4) is 0 Å². The molecule has 0 aromatic carbocycles. The zero-order chi connectivity index (χ0) is 9.28. The van der Waals surface area contributed by atoms with Crippen molar-refractivity contribution in [2.75, 3.05) is 5.88 Å². The Morgan fingerprint density at radius 1 is 1.73 bits per heavy atom. The van der Waals surface area contributed by atoms with Gasteiger partial charge in [-0.15, -0.1) is 11.6 Å². The maximum Gasteiger partial charge on any atom is 0.402 e. The minimum atomic E-state index is -1.33. The number of alkyl halides is 1. The van der Waals surface area contributed by atoms with Gasteiger partial charge in [0.25, 0.3) is 0 Å². The lowest BCUT2D eigenvalue weighted by Gasteiger charge is -1.87. The van der Waals surface area contributed by atoms with Crippen molar-refractivity contribution in [1.29, 1.82) is 0 Å². The molecule has 11 heavy (non-hydrogen) atoms. The van der Waals surface area contributed by atoms with Crippen LogP contribution in [-0.2, 0) is 9.53 Å². The van der Waals surface area contributed by atoms with Crippen LogP contribution in [-0.4, -0.2) is 23.0 Å². The predicted octanol–water partition coefficient (Wildman–Crippen LogP) is 0.535. The number of ether oxygens (including phenoxy) is 1. The molecule has 0 atom stereocenters. The van der Waals surface area contributed by atoms with Gasteiger partial charge in [-0.3, -0.25) is 4.79 Å². The molecule has 0 saturated heterocycles. The van der Waals surface area contributed by atoms with Crippen molar-refractivity contribution in [3.63, 3.8) is 0 Å². The van der Waals surface area contributed by atoms with E-state index in [-0.39, 0.29) is 5.88 Å². The van der Waals surface area contributed by atoms with Gasteiger partial charge in [0.05, 0.1) is 6.26 Å². The number of carbonyl (C=O) groups excluding carboxylic acids is 1. The highest BCUT2D eigenvalue weighted by atomic mass is 35.5. The molecule has 6 heteroatoms. The molecule has 0 aliphatic rings. The fraction of sp³-hybridized carbons (Fsp3) is 0.200. The zero-order valence-electron chi connectivity index (χ0n) is 5.62. The van der Waals surface area contributed by atoms with Gasteiger partial charge in [-0.05, 0) is 0 Å². The van der Waals surface area contributed by atoms with E-state index in [0.717, 1.165) is 6.26 Å². The van der Waals surface area contributed by atoms with Crippen LogP contribution >= 0.6 is 11.6 Å². The SMILES string of the molecule is C=COC(=O)CCl.NC(=O)O. The summed E-state index contributed by atoms with van der Waals surface area (Å²) in [6.45, 7) is 3.15. The van der Waals surface area contributed by atoms with Crippen LogP contribution in [0.15, 0.2) is 12.8 Å². The van der Waals surface area contributed by atoms with Gasteiger partial charge in [-0.2, -0.15) is 0 Å². The Morgan fingerprint density at radius 3 is 2.18 bits per heavy atom. The molecule has 0 aromatic heterocycles. The van der Waals surface area contributed by atoms with Crippen molar-refractivity contribution < 1.29 is 19.4 Å². The van der Waals surface area contributed by atoms with E-state index in [1.165, 1.54) is 0 Å². The van der Waals surface area contributed by atoms with Crippen LogP contribution in [0.25, 0.3) is 0 Å². The summed E-state index contributed by atoms with van der Waals surface area (Å²) < 4.78 is 4.18. The van der Waals surface area contributed by atoms with E-state index in [1.807, 2.05) is 0 Å². The quantitative estimate of drug-likeness (QED) is 0.370. The van der Waals surface area contributed by atoms with E-state index in [0.29, 0.717) is 0 Å².